The lowest BCUT2D eigenvalue weighted by Gasteiger charge is -2.21. The number of hydrogen-bond donors (Lipinski definition) is 0. The van der Waals surface area contributed by atoms with Crippen LogP contribution in [0.2, 0.25) is 10.0 Å². The van der Waals surface area contributed by atoms with E-state index >= 15 is 0 Å². The molecule has 3 nitrogen and oxygen atoms in total. The first-order valence-corrected chi connectivity index (χ1v) is 8.76. The van der Waals surface area contributed by atoms with Crippen molar-refractivity contribution in [1.29, 1.82) is 0 Å². The maximum Gasteiger partial charge on any atom is 0.185 e. The summed E-state index contributed by atoms with van der Waals surface area (Å²) in [4.78, 5) is 16.7. The summed E-state index contributed by atoms with van der Waals surface area (Å²) in [6, 6.07) is 12.8. The van der Waals surface area contributed by atoms with Crippen LogP contribution in [0.5, 0.6) is 0 Å². The Kier molecular flexibility index (Phi) is 7.06. The van der Waals surface area contributed by atoms with Crippen molar-refractivity contribution >= 4 is 40.7 Å². The molecule has 0 aliphatic heterocycles. The Bertz CT molecular complexity index is 772. The summed E-state index contributed by atoms with van der Waals surface area (Å²) in [6.45, 7) is 1.84. The fourth-order valence-electron chi connectivity index (χ4n) is 2.27. The Labute approximate surface area is 159 Å². The zero-order valence-electron chi connectivity index (χ0n) is 14.7. The average Bonchev–Trinajstić information content (AvgIpc) is 2.58. The largest absolute Gasteiger partial charge is 0.373 e. The summed E-state index contributed by atoms with van der Waals surface area (Å²) in [5.74, 6) is -0.0612. The van der Waals surface area contributed by atoms with Gasteiger partial charge < -0.3 is 9.80 Å². The van der Waals surface area contributed by atoms with E-state index < -0.39 is 0 Å². The van der Waals surface area contributed by atoms with Crippen molar-refractivity contribution in [1.82, 2.24) is 4.90 Å². The van der Waals surface area contributed by atoms with Crippen LogP contribution in [-0.2, 0) is 0 Å². The van der Waals surface area contributed by atoms with Gasteiger partial charge in [-0.15, -0.1) is 0 Å². The molecule has 0 saturated heterocycles. The lowest BCUT2D eigenvalue weighted by molar-refractivity contribution is 0.104. The third-order valence-electron chi connectivity index (χ3n) is 3.83. The maximum absolute atomic E-state index is 12.5. The molecule has 132 valence electrons. The summed E-state index contributed by atoms with van der Waals surface area (Å²) < 4.78 is 0. The van der Waals surface area contributed by atoms with Crippen LogP contribution in [0.15, 0.2) is 48.5 Å². The smallest absolute Gasteiger partial charge is 0.185 e. The third-order valence-corrected chi connectivity index (χ3v) is 4.39. The standard InChI is InChI=1S/C20H22Cl2N2O/c1-23(2)11-12-24(3)18-6-4-5-16(13-18)20(25)10-8-15-7-9-17(21)14-19(15)22/h4-10,13-14H,11-12H2,1-3H3. The Hall–Kier alpha value is -1.81. The van der Waals surface area contributed by atoms with Gasteiger partial charge >= 0.3 is 0 Å². The van der Waals surface area contributed by atoms with Crippen LogP contribution in [0.3, 0.4) is 0 Å². The molecule has 0 unspecified atom stereocenters. The van der Waals surface area contributed by atoms with E-state index in [4.69, 9.17) is 23.2 Å². The second kappa shape index (κ2) is 9.04. The van der Waals surface area contributed by atoms with Crippen molar-refractivity contribution in [3.8, 4) is 0 Å². The van der Waals surface area contributed by atoms with E-state index in [0.29, 0.717) is 15.6 Å². The van der Waals surface area contributed by atoms with Gasteiger partial charge in [-0.1, -0.05) is 41.4 Å². The number of allylic oxidation sites excluding steroid dienone is 1. The zero-order valence-corrected chi connectivity index (χ0v) is 16.2. The molecule has 0 heterocycles. The van der Waals surface area contributed by atoms with E-state index in [1.165, 1.54) is 6.08 Å². The van der Waals surface area contributed by atoms with Gasteiger partial charge in [-0.05, 0) is 56.1 Å². The topological polar surface area (TPSA) is 23.6 Å². The van der Waals surface area contributed by atoms with Gasteiger partial charge in [0.1, 0.15) is 0 Å². The van der Waals surface area contributed by atoms with Crippen LogP contribution in [0.1, 0.15) is 15.9 Å². The molecule has 0 fully saturated rings. The zero-order chi connectivity index (χ0) is 18.4. The van der Waals surface area contributed by atoms with Crippen LogP contribution in [0, 0.1) is 0 Å². The number of likely N-dealkylation sites (N-methyl/N-ethyl adjacent to an activating group) is 2. The number of rotatable bonds is 7. The minimum absolute atomic E-state index is 0.0612. The maximum atomic E-state index is 12.5. The highest BCUT2D eigenvalue weighted by Gasteiger charge is 2.07. The van der Waals surface area contributed by atoms with Gasteiger partial charge in [0.25, 0.3) is 0 Å². The van der Waals surface area contributed by atoms with Crippen molar-refractivity contribution in [3.05, 3.63) is 69.7 Å². The van der Waals surface area contributed by atoms with Crippen LogP contribution < -0.4 is 4.90 Å². The highest BCUT2D eigenvalue weighted by atomic mass is 35.5. The Morgan fingerprint density at radius 1 is 1.04 bits per heavy atom. The number of carbonyl (C=O) groups is 1. The van der Waals surface area contributed by atoms with E-state index in [-0.39, 0.29) is 5.78 Å². The van der Waals surface area contributed by atoms with Gasteiger partial charge in [0.15, 0.2) is 5.78 Å². The molecule has 5 heteroatoms. The summed E-state index contributed by atoms with van der Waals surface area (Å²) in [6.07, 6.45) is 3.25. The second-order valence-corrected chi connectivity index (χ2v) is 6.98. The molecule has 0 aromatic heterocycles. The summed E-state index contributed by atoms with van der Waals surface area (Å²) in [7, 11) is 6.11. The molecule has 0 spiro atoms. The molecule has 0 bridgehead atoms. The molecule has 2 aromatic rings. The van der Waals surface area contributed by atoms with Gasteiger partial charge in [-0.25, -0.2) is 0 Å². The molecule has 2 rings (SSSR count). The van der Waals surface area contributed by atoms with Gasteiger partial charge in [-0.2, -0.15) is 0 Å². The lowest BCUT2D eigenvalue weighted by Crippen LogP contribution is -2.28. The van der Waals surface area contributed by atoms with Crippen LogP contribution >= 0.6 is 23.2 Å². The van der Waals surface area contributed by atoms with Crippen molar-refractivity contribution in [2.24, 2.45) is 0 Å². The van der Waals surface area contributed by atoms with Gasteiger partial charge in [0.2, 0.25) is 0 Å². The van der Waals surface area contributed by atoms with Gasteiger partial charge in [0.05, 0.1) is 0 Å². The molecular formula is C20H22Cl2N2O. The number of ketones is 1. The first-order chi connectivity index (χ1) is 11.9. The lowest BCUT2D eigenvalue weighted by atomic mass is 10.1. The number of benzene rings is 2. The first kappa shape index (κ1) is 19.5. The minimum Gasteiger partial charge on any atom is -0.373 e. The fourth-order valence-corrected chi connectivity index (χ4v) is 2.75. The van der Waals surface area contributed by atoms with Gasteiger partial charge in [-0.3, -0.25) is 4.79 Å². The minimum atomic E-state index is -0.0612. The molecule has 0 N–H and O–H groups in total. The summed E-state index contributed by atoms with van der Waals surface area (Å²) in [5.41, 5.74) is 2.43. The van der Waals surface area contributed by atoms with Crippen LogP contribution in [0.25, 0.3) is 6.08 Å². The van der Waals surface area contributed by atoms with Crippen LogP contribution in [-0.4, -0.2) is 44.9 Å². The molecule has 25 heavy (non-hydrogen) atoms. The predicted octanol–water partition coefficient (Wildman–Crippen LogP) is 4.89. The first-order valence-electron chi connectivity index (χ1n) is 8.00. The third kappa shape index (κ3) is 5.89. The predicted molar refractivity (Wildman–Crippen MR) is 108 cm³/mol. The van der Waals surface area contributed by atoms with Crippen LogP contribution in [0.4, 0.5) is 5.69 Å². The number of halogens is 2. The van der Waals surface area contributed by atoms with Crippen molar-refractivity contribution in [2.75, 3.05) is 39.1 Å². The monoisotopic (exact) mass is 376 g/mol. The van der Waals surface area contributed by atoms with E-state index in [2.05, 4.69) is 9.80 Å². The van der Waals surface area contributed by atoms with Gasteiger partial charge in [0, 0.05) is 41.4 Å². The number of anilines is 1. The molecular weight excluding hydrogens is 355 g/mol. The average molecular weight is 377 g/mol. The molecule has 0 amide bonds. The van der Waals surface area contributed by atoms with Crippen molar-refractivity contribution in [2.45, 2.75) is 0 Å². The summed E-state index contributed by atoms with van der Waals surface area (Å²) in [5, 5.41) is 1.09. The number of hydrogen-bond acceptors (Lipinski definition) is 3. The Balaban J connectivity index is 2.11. The number of nitrogens with zero attached hydrogens (tertiary/aromatic N) is 2. The molecule has 0 radical (unpaired) electrons. The highest BCUT2D eigenvalue weighted by Crippen LogP contribution is 2.22. The molecule has 0 saturated carbocycles. The normalized spacial score (nSPS) is 11.3. The molecule has 0 aliphatic rings. The van der Waals surface area contributed by atoms with E-state index in [1.54, 1.807) is 24.3 Å². The fraction of sp³-hybridized carbons (Fsp3) is 0.250. The highest BCUT2D eigenvalue weighted by molar-refractivity contribution is 6.35. The molecule has 0 atom stereocenters. The van der Waals surface area contributed by atoms with Crippen molar-refractivity contribution in [3.63, 3.8) is 0 Å². The number of carbonyl (C=O) groups excluding carboxylic acids is 1. The quantitative estimate of drug-likeness (QED) is 0.507. The Morgan fingerprint density at radius 2 is 1.80 bits per heavy atom. The van der Waals surface area contributed by atoms with Crippen molar-refractivity contribution < 1.29 is 4.79 Å². The SMILES string of the molecule is CN(C)CCN(C)c1cccc(C(=O)C=Cc2ccc(Cl)cc2Cl)c1. The van der Waals surface area contributed by atoms with E-state index in [0.717, 1.165) is 24.3 Å². The van der Waals surface area contributed by atoms with E-state index in [1.807, 2.05) is 45.4 Å². The molecule has 0 aliphatic carbocycles. The second-order valence-electron chi connectivity index (χ2n) is 6.14. The summed E-state index contributed by atoms with van der Waals surface area (Å²) >= 11 is 12.0. The molecule has 2 aromatic carbocycles. The van der Waals surface area contributed by atoms with E-state index in [9.17, 15) is 4.79 Å². The Morgan fingerprint density at radius 3 is 2.48 bits per heavy atom.